The molecule has 2 heterocycles. The number of benzene rings is 2. The standard InChI is InChI=1S/C21H22N6/c1-14-6-2-3-7-16(14)19-12-15(23-11-10-22)13-20(24-19)25-21-17-8-4-5-9-18(17)26-27-21/h2-9,12-13H,10-11,22H2,1H3,(H3,23,24,25,26,27). The van der Waals surface area contributed by atoms with Gasteiger partial charge in [0.1, 0.15) is 5.82 Å². The van der Waals surface area contributed by atoms with Crippen LogP contribution in [0.5, 0.6) is 0 Å². The Morgan fingerprint density at radius 3 is 2.70 bits per heavy atom. The molecule has 2 aromatic heterocycles. The lowest BCUT2D eigenvalue weighted by molar-refractivity contribution is 1.02. The lowest BCUT2D eigenvalue weighted by Crippen LogP contribution is -2.13. The Labute approximate surface area is 157 Å². The third-order valence-electron chi connectivity index (χ3n) is 4.44. The van der Waals surface area contributed by atoms with Crippen LogP contribution in [0.4, 0.5) is 17.3 Å². The van der Waals surface area contributed by atoms with E-state index in [0.717, 1.165) is 39.5 Å². The van der Waals surface area contributed by atoms with Crippen LogP contribution < -0.4 is 16.4 Å². The molecule has 0 unspecified atom stereocenters. The van der Waals surface area contributed by atoms with E-state index in [-0.39, 0.29) is 0 Å². The molecule has 4 aromatic rings. The number of nitrogens with zero attached hydrogens (tertiary/aromatic N) is 2. The Morgan fingerprint density at radius 1 is 1.04 bits per heavy atom. The normalized spacial score (nSPS) is 10.9. The summed E-state index contributed by atoms with van der Waals surface area (Å²) in [6.45, 7) is 3.35. The maximum absolute atomic E-state index is 5.65. The average molecular weight is 358 g/mol. The predicted octanol–water partition coefficient (Wildman–Crippen LogP) is 4.05. The lowest BCUT2D eigenvalue weighted by Gasteiger charge is -2.12. The van der Waals surface area contributed by atoms with Gasteiger partial charge in [-0.05, 0) is 30.7 Å². The topological polar surface area (TPSA) is 91.6 Å². The molecule has 2 aromatic carbocycles. The molecule has 6 heteroatoms. The number of hydrogen-bond donors (Lipinski definition) is 4. The van der Waals surface area contributed by atoms with Crippen molar-refractivity contribution in [1.82, 2.24) is 15.2 Å². The molecule has 0 fully saturated rings. The maximum Gasteiger partial charge on any atom is 0.161 e. The van der Waals surface area contributed by atoms with E-state index in [1.54, 1.807) is 0 Å². The number of aryl methyl sites for hydroxylation is 1. The summed E-state index contributed by atoms with van der Waals surface area (Å²) in [4.78, 5) is 4.82. The first-order valence-corrected chi connectivity index (χ1v) is 8.97. The molecule has 27 heavy (non-hydrogen) atoms. The van der Waals surface area contributed by atoms with Crippen molar-refractivity contribution in [2.45, 2.75) is 6.92 Å². The minimum atomic E-state index is 0.564. The zero-order valence-electron chi connectivity index (χ0n) is 15.2. The summed E-state index contributed by atoms with van der Waals surface area (Å²) in [6.07, 6.45) is 0. The van der Waals surface area contributed by atoms with Gasteiger partial charge in [-0.2, -0.15) is 5.10 Å². The quantitative estimate of drug-likeness (QED) is 0.417. The Morgan fingerprint density at radius 2 is 1.85 bits per heavy atom. The van der Waals surface area contributed by atoms with Crippen LogP contribution in [0.15, 0.2) is 60.7 Å². The zero-order chi connectivity index (χ0) is 18.6. The van der Waals surface area contributed by atoms with Gasteiger partial charge in [-0.25, -0.2) is 4.98 Å². The number of nitrogens with one attached hydrogen (secondary N) is 3. The Kier molecular flexibility index (Phi) is 4.72. The number of aromatic nitrogens is 3. The fourth-order valence-electron chi connectivity index (χ4n) is 3.09. The number of pyridine rings is 1. The fourth-order valence-corrected chi connectivity index (χ4v) is 3.09. The first kappa shape index (κ1) is 17.1. The van der Waals surface area contributed by atoms with Crippen LogP contribution >= 0.6 is 0 Å². The summed E-state index contributed by atoms with van der Waals surface area (Å²) in [5.74, 6) is 1.48. The summed E-state index contributed by atoms with van der Waals surface area (Å²) in [6, 6.07) is 20.3. The van der Waals surface area contributed by atoms with Gasteiger partial charge in [0.2, 0.25) is 0 Å². The molecule has 0 radical (unpaired) electrons. The Hall–Kier alpha value is -3.38. The van der Waals surface area contributed by atoms with E-state index in [0.29, 0.717) is 13.1 Å². The molecular weight excluding hydrogens is 336 g/mol. The summed E-state index contributed by atoms with van der Waals surface area (Å²) in [5.41, 5.74) is 10.8. The average Bonchev–Trinajstić information content (AvgIpc) is 3.09. The number of fused-ring (bicyclic) bond motifs is 1. The lowest BCUT2D eigenvalue weighted by atomic mass is 10.0. The zero-order valence-corrected chi connectivity index (χ0v) is 15.2. The summed E-state index contributed by atoms with van der Waals surface area (Å²) < 4.78 is 0. The second-order valence-corrected chi connectivity index (χ2v) is 6.40. The minimum Gasteiger partial charge on any atom is -0.384 e. The van der Waals surface area contributed by atoms with Gasteiger partial charge in [0.25, 0.3) is 0 Å². The first-order valence-electron chi connectivity index (χ1n) is 8.97. The highest BCUT2D eigenvalue weighted by Gasteiger charge is 2.10. The number of hydrogen-bond acceptors (Lipinski definition) is 5. The second kappa shape index (κ2) is 7.47. The van der Waals surface area contributed by atoms with Crippen molar-refractivity contribution in [2.75, 3.05) is 23.7 Å². The van der Waals surface area contributed by atoms with E-state index < -0.39 is 0 Å². The third-order valence-corrected chi connectivity index (χ3v) is 4.44. The monoisotopic (exact) mass is 358 g/mol. The van der Waals surface area contributed by atoms with Gasteiger partial charge in [0, 0.05) is 35.8 Å². The van der Waals surface area contributed by atoms with Crippen LogP contribution in [0, 0.1) is 6.92 Å². The van der Waals surface area contributed by atoms with Crippen LogP contribution in [-0.2, 0) is 0 Å². The molecule has 4 rings (SSSR count). The molecule has 136 valence electrons. The predicted molar refractivity (Wildman–Crippen MR) is 111 cm³/mol. The maximum atomic E-state index is 5.65. The highest BCUT2D eigenvalue weighted by Crippen LogP contribution is 2.29. The smallest absolute Gasteiger partial charge is 0.161 e. The number of rotatable bonds is 6. The molecule has 0 aliphatic heterocycles. The van der Waals surface area contributed by atoms with Crippen molar-refractivity contribution in [3.63, 3.8) is 0 Å². The van der Waals surface area contributed by atoms with Crippen LogP contribution in [0.3, 0.4) is 0 Å². The largest absolute Gasteiger partial charge is 0.384 e. The van der Waals surface area contributed by atoms with E-state index in [2.05, 4.69) is 39.9 Å². The molecule has 0 atom stereocenters. The molecular formula is C21H22N6. The van der Waals surface area contributed by atoms with Crippen molar-refractivity contribution in [3.8, 4) is 11.3 Å². The number of anilines is 3. The molecule has 5 N–H and O–H groups in total. The Bertz CT molecular complexity index is 1070. The minimum absolute atomic E-state index is 0.564. The Balaban J connectivity index is 1.75. The van der Waals surface area contributed by atoms with Gasteiger partial charge in [-0.1, -0.05) is 36.4 Å². The van der Waals surface area contributed by atoms with Gasteiger partial charge < -0.3 is 16.4 Å². The molecule has 0 spiro atoms. The van der Waals surface area contributed by atoms with Crippen molar-refractivity contribution in [3.05, 3.63) is 66.2 Å². The van der Waals surface area contributed by atoms with Crippen LogP contribution in [-0.4, -0.2) is 28.3 Å². The molecule has 0 amide bonds. The van der Waals surface area contributed by atoms with Crippen LogP contribution in [0.1, 0.15) is 5.56 Å². The van der Waals surface area contributed by atoms with E-state index in [1.807, 2.05) is 48.5 Å². The van der Waals surface area contributed by atoms with Crippen molar-refractivity contribution in [1.29, 1.82) is 0 Å². The second-order valence-electron chi connectivity index (χ2n) is 6.40. The van der Waals surface area contributed by atoms with E-state index in [4.69, 9.17) is 10.7 Å². The van der Waals surface area contributed by atoms with E-state index in [9.17, 15) is 0 Å². The number of nitrogens with two attached hydrogens (primary N) is 1. The van der Waals surface area contributed by atoms with Crippen LogP contribution in [0.2, 0.25) is 0 Å². The molecule has 0 saturated carbocycles. The first-order chi connectivity index (χ1) is 13.2. The van der Waals surface area contributed by atoms with Gasteiger partial charge in [0.05, 0.1) is 11.2 Å². The number of para-hydroxylation sites is 1. The fraction of sp³-hybridized carbons (Fsp3) is 0.143. The van der Waals surface area contributed by atoms with Crippen molar-refractivity contribution < 1.29 is 0 Å². The van der Waals surface area contributed by atoms with Crippen molar-refractivity contribution >= 4 is 28.2 Å². The summed E-state index contributed by atoms with van der Waals surface area (Å²) >= 11 is 0. The van der Waals surface area contributed by atoms with Gasteiger partial charge in [0.15, 0.2) is 5.82 Å². The highest BCUT2D eigenvalue weighted by molar-refractivity contribution is 5.91. The molecule has 6 nitrogen and oxygen atoms in total. The van der Waals surface area contributed by atoms with Gasteiger partial charge in [-0.15, -0.1) is 0 Å². The SMILES string of the molecule is Cc1ccccc1-c1cc(NCCN)cc(Nc2n[nH]c3ccccc23)n1. The third kappa shape index (κ3) is 3.61. The summed E-state index contributed by atoms with van der Waals surface area (Å²) in [5, 5.41) is 15.1. The van der Waals surface area contributed by atoms with Gasteiger partial charge in [-0.3, -0.25) is 5.10 Å². The van der Waals surface area contributed by atoms with Crippen molar-refractivity contribution in [2.24, 2.45) is 5.73 Å². The molecule has 0 bridgehead atoms. The number of H-pyrrole nitrogens is 1. The molecule has 0 aliphatic rings. The highest BCUT2D eigenvalue weighted by atomic mass is 15.2. The van der Waals surface area contributed by atoms with Crippen LogP contribution in [0.25, 0.3) is 22.2 Å². The number of aromatic amines is 1. The van der Waals surface area contributed by atoms with Gasteiger partial charge >= 0.3 is 0 Å². The molecule has 0 saturated heterocycles. The van der Waals surface area contributed by atoms with E-state index >= 15 is 0 Å². The summed E-state index contributed by atoms with van der Waals surface area (Å²) in [7, 11) is 0. The molecule has 0 aliphatic carbocycles. The van der Waals surface area contributed by atoms with E-state index in [1.165, 1.54) is 5.56 Å².